The largest absolute Gasteiger partial charge is 0.463 e. The maximum absolute atomic E-state index is 11.3. The van der Waals surface area contributed by atoms with E-state index >= 15 is 0 Å². The Morgan fingerprint density at radius 1 is 1.40 bits per heavy atom. The van der Waals surface area contributed by atoms with Gasteiger partial charge in [0.1, 0.15) is 6.61 Å². The molecule has 0 aromatic heterocycles. The van der Waals surface area contributed by atoms with Crippen molar-refractivity contribution in [3.8, 4) is 6.07 Å². The highest BCUT2D eigenvalue weighted by Crippen LogP contribution is 2.38. The van der Waals surface area contributed by atoms with Crippen LogP contribution in [0.5, 0.6) is 0 Å². The van der Waals surface area contributed by atoms with Gasteiger partial charge < -0.3 is 9.84 Å². The van der Waals surface area contributed by atoms with E-state index in [-0.39, 0.29) is 25.6 Å². The maximum atomic E-state index is 11.3. The standard InChI is InChI=1S/C11H17NO3/c12-9-11(4-2-1-3-5-11)8-10(14)15-7-6-13/h13H,1-8H2. The summed E-state index contributed by atoms with van der Waals surface area (Å²) < 4.78 is 4.78. The van der Waals surface area contributed by atoms with Crippen LogP contribution in [0.25, 0.3) is 0 Å². The molecule has 0 aliphatic heterocycles. The lowest BCUT2D eigenvalue weighted by Crippen LogP contribution is -2.27. The molecule has 15 heavy (non-hydrogen) atoms. The highest BCUT2D eigenvalue weighted by molar-refractivity contribution is 5.70. The third kappa shape index (κ3) is 3.52. The average molecular weight is 211 g/mol. The van der Waals surface area contributed by atoms with Gasteiger partial charge in [-0.1, -0.05) is 19.3 Å². The van der Waals surface area contributed by atoms with E-state index in [4.69, 9.17) is 15.1 Å². The summed E-state index contributed by atoms with van der Waals surface area (Å²) in [6.07, 6.45) is 4.93. The van der Waals surface area contributed by atoms with Gasteiger partial charge in [0, 0.05) is 0 Å². The van der Waals surface area contributed by atoms with E-state index < -0.39 is 5.41 Å². The lowest BCUT2D eigenvalue weighted by molar-refractivity contribution is -0.147. The highest BCUT2D eigenvalue weighted by atomic mass is 16.5. The van der Waals surface area contributed by atoms with Gasteiger partial charge in [-0.05, 0) is 12.8 Å². The second-order valence-electron chi connectivity index (χ2n) is 4.07. The normalized spacial score (nSPS) is 19.2. The zero-order valence-electron chi connectivity index (χ0n) is 8.87. The topological polar surface area (TPSA) is 70.3 Å². The lowest BCUT2D eigenvalue weighted by atomic mass is 9.73. The smallest absolute Gasteiger partial charge is 0.307 e. The molecule has 1 aliphatic carbocycles. The summed E-state index contributed by atoms with van der Waals surface area (Å²) in [5, 5.41) is 17.6. The molecular weight excluding hydrogens is 194 g/mol. The van der Waals surface area contributed by atoms with Crippen LogP contribution < -0.4 is 0 Å². The summed E-state index contributed by atoms with van der Waals surface area (Å²) >= 11 is 0. The summed E-state index contributed by atoms with van der Waals surface area (Å²) in [5.41, 5.74) is -0.509. The number of hydrogen-bond acceptors (Lipinski definition) is 4. The van der Waals surface area contributed by atoms with Crippen LogP contribution in [0.1, 0.15) is 38.5 Å². The van der Waals surface area contributed by atoms with E-state index in [9.17, 15) is 4.79 Å². The van der Waals surface area contributed by atoms with Crippen LogP contribution in [-0.4, -0.2) is 24.3 Å². The zero-order valence-corrected chi connectivity index (χ0v) is 8.87. The van der Waals surface area contributed by atoms with E-state index in [1.165, 1.54) is 0 Å². The molecule has 84 valence electrons. The van der Waals surface area contributed by atoms with Gasteiger partial charge in [-0.15, -0.1) is 0 Å². The molecule has 1 aliphatic rings. The van der Waals surface area contributed by atoms with Gasteiger partial charge >= 0.3 is 5.97 Å². The van der Waals surface area contributed by atoms with Crippen molar-refractivity contribution < 1.29 is 14.6 Å². The van der Waals surface area contributed by atoms with Gasteiger partial charge in [0.25, 0.3) is 0 Å². The SMILES string of the molecule is N#CC1(CC(=O)OCCO)CCCCC1. The molecule has 1 rings (SSSR count). The second-order valence-corrected chi connectivity index (χ2v) is 4.07. The number of aliphatic hydroxyl groups excluding tert-OH is 1. The zero-order chi connectivity index (χ0) is 11.1. The number of carbonyl (C=O) groups excluding carboxylic acids is 1. The fourth-order valence-corrected chi connectivity index (χ4v) is 2.04. The van der Waals surface area contributed by atoms with Crippen LogP contribution in [0.2, 0.25) is 0 Å². The first kappa shape index (κ1) is 12.0. The van der Waals surface area contributed by atoms with Crippen LogP contribution in [0, 0.1) is 16.7 Å². The first-order valence-corrected chi connectivity index (χ1v) is 5.40. The van der Waals surface area contributed by atoms with Crippen molar-refractivity contribution in [2.45, 2.75) is 38.5 Å². The van der Waals surface area contributed by atoms with Crippen molar-refractivity contribution in [2.24, 2.45) is 5.41 Å². The summed E-state index contributed by atoms with van der Waals surface area (Å²) in [6, 6.07) is 2.26. The Hall–Kier alpha value is -1.08. The Bertz CT molecular complexity index is 251. The molecule has 0 bridgehead atoms. The first-order valence-electron chi connectivity index (χ1n) is 5.40. The number of ether oxygens (including phenoxy) is 1. The van der Waals surface area contributed by atoms with Crippen LogP contribution in [0.15, 0.2) is 0 Å². The number of rotatable bonds is 4. The maximum Gasteiger partial charge on any atom is 0.307 e. The van der Waals surface area contributed by atoms with Crippen molar-refractivity contribution in [1.82, 2.24) is 0 Å². The molecule has 1 saturated carbocycles. The third-order valence-electron chi connectivity index (χ3n) is 2.88. The molecule has 0 heterocycles. The van der Waals surface area contributed by atoms with Crippen LogP contribution in [0.3, 0.4) is 0 Å². The quantitative estimate of drug-likeness (QED) is 0.713. The van der Waals surface area contributed by atoms with E-state index in [2.05, 4.69) is 6.07 Å². The molecule has 0 saturated heterocycles. The number of esters is 1. The molecule has 0 amide bonds. The first-order chi connectivity index (χ1) is 7.22. The highest BCUT2D eigenvalue weighted by Gasteiger charge is 2.34. The molecule has 0 unspecified atom stereocenters. The summed E-state index contributed by atoms with van der Waals surface area (Å²) in [5.74, 6) is -0.368. The van der Waals surface area contributed by atoms with E-state index in [0.717, 1.165) is 32.1 Å². The van der Waals surface area contributed by atoms with E-state index in [1.54, 1.807) is 0 Å². The van der Waals surface area contributed by atoms with Crippen LogP contribution >= 0.6 is 0 Å². The van der Waals surface area contributed by atoms with Crippen molar-refractivity contribution in [3.05, 3.63) is 0 Å². The minimum absolute atomic E-state index is 0.0281. The lowest BCUT2D eigenvalue weighted by Gasteiger charge is -2.29. The Morgan fingerprint density at radius 2 is 2.07 bits per heavy atom. The Balaban J connectivity index is 2.45. The van der Waals surface area contributed by atoms with Gasteiger partial charge in [0.2, 0.25) is 0 Å². The monoisotopic (exact) mass is 211 g/mol. The number of carbonyl (C=O) groups is 1. The van der Waals surface area contributed by atoms with Gasteiger partial charge in [-0.3, -0.25) is 4.79 Å². The van der Waals surface area contributed by atoms with Crippen molar-refractivity contribution in [3.63, 3.8) is 0 Å². The fourth-order valence-electron chi connectivity index (χ4n) is 2.04. The van der Waals surface area contributed by atoms with Gasteiger partial charge in [-0.25, -0.2) is 0 Å². The van der Waals surface area contributed by atoms with Crippen LogP contribution in [0.4, 0.5) is 0 Å². The third-order valence-corrected chi connectivity index (χ3v) is 2.88. The van der Waals surface area contributed by atoms with Gasteiger partial charge in [0.05, 0.1) is 24.5 Å². The second kappa shape index (κ2) is 5.72. The molecule has 0 spiro atoms. The van der Waals surface area contributed by atoms with Gasteiger partial charge in [-0.2, -0.15) is 5.26 Å². The molecule has 4 nitrogen and oxygen atoms in total. The van der Waals surface area contributed by atoms with Crippen molar-refractivity contribution >= 4 is 5.97 Å². The minimum atomic E-state index is -0.509. The molecular formula is C11H17NO3. The average Bonchev–Trinajstić information content (AvgIpc) is 2.27. The number of aliphatic hydroxyl groups is 1. The molecule has 1 fully saturated rings. The van der Waals surface area contributed by atoms with Gasteiger partial charge in [0.15, 0.2) is 0 Å². The molecule has 0 aromatic carbocycles. The number of nitriles is 1. The van der Waals surface area contributed by atoms with Crippen molar-refractivity contribution in [2.75, 3.05) is 13.2 Å². The molecule has 0 aromatic rings. The van der Waals surface area contributed by atoms with Crippen LogP contribution in [-0.2, 0) is 9.53 Å². The summed E-state index contributed by atoms with van der Waals surface area (Å²) in [4.78, 5) is 11.3. The summed E-state index contributed by atoms with van der Waals surface area (Å²) in [7, 11) is 0. The Morgan fingerprint density at radius 3 is 2.60 bits per heavy atom. The molecule has 0 atom stereocenters. The Labute approximate surface area is 89.8 Å². The minimum Gasteiger partial charge on any atom is -0.463 e. The molecule has 0 radical (unpaired) electrons. The fraction of sp³-hybridized carbons (Fsp3) is 0.818. The van der Waals surface area contributed by atoms with E-state index in [0.29, 0.717) is 0 Å². The number of hydrogen-bond donors (Lipinski definition) is 1. The Kier molecular flexibility index (Phi) is 4.57. The molecule has 4 heteroatoms. The predicted molar refractivity (Wildman–Crippen MR) is 53.8 cm³/mol. The predicted octanol–water partition coefficient (Wildman–Crippen LogP) is 1.39. The number of nitrogens with zero attached hydrogens (tertiary/aromatic N) is 1. The summed E-state index contributed by atoms with van der Waals surface area (Å²) in [6.45, 7) is -0.133. The van der Waals surface area contributed by atoms with Crippen molar-refractivity contribution in [1.29, 1.82) is 5.26 Å². The van der Waals surface area contributed by atoms with E-state index in [1.807, 2.05) is 0 Å². The molecule has 1 N–H and O–H groups in total.